The Bertz CT molecular complexity index is 410. The van der Waals surface area contributed by atoms with E-state index in [4.69, 9.17) is 5.53 Å². The molecule has 0 fully saturated rings. The van der Waals surface area contributed by atoms with Gasteiger partial charge < -0.3 is 0 Å². The molecule has 0 aromatic heterocycles. The summed E-state index contributed by atoms with van der Waals surface area (Å²) in [5, 5.41) is 3.58. The maximum absolute atomic E-state index is 8.22. The van der Waals surface area contributed by atoms with Gasteiger partial charge in [-0.2, -0.15) is 0 Å². The number of fused-ring (bicyclic) bond motifs is 1. The Kier molecular flexibility index (Phi) is 4.42. The summed E-state index contributed by atoms with van der Waals surface area (Å²) >= 11 is 0. The van der Waals surface area contributed by atoms with Crippen LogP contribution in [0.1, 0.15) is 24.0 Å². The van der Waals surface area contributed by atoms with Gasteiger partial charge >= 0.3 is 0 Å². The van der Waals surface area contributed by atoms with E-state index in [0.717, 1.165) is 26.1 Å². The first kappa shape index (κ1) is 12.0. The van der Waals surface area contributed by atoms with Crippen LogP contribution in [0.15, 0.2) is 29.4 Å². The van der Waals surface area contributed by atoms with Crippen molar-refractivity contribution in [3.8, 4) is 0 Å². The minimum absolute atomic E-state index is 0.606. The zero-order valence-corrected chi connectivity index (χ0v) is 10.0. The molecule has 1 aliphatic heterocycles. The zero-order valence-electron chi connectivity index (χ0n) is 10.0. The normalized spacial score (nSPS) is 15.8. The first-order chi connectivity index (χ1) is 8.40. The Morgan fingerprint density at radius 3 is 2.94 bits per heavy atom. The molecule has 0 amide bonds. The predicted octanol–water partition coefficient (Wildman–Crippen LogP) is 3.14. The maximum Gasteiger partial charge on any atom is 0.0270 e. The Balaban J connectivity index is 1.91. The van der Waals surface area contributed by atoms with Gasteiger partial charge in [0.05, 0.1) is 0 Å². The largest absolute Gasteiger partial charge is 0.299 e. The summed E-state index contributed by atoms with van der Waals surface area (Å²) in [7, 11) is 0. The van der Waals surface area contributed by atoms with Crippen LogP contribution in [0.25, 0.3) is 10.4 Å². The third kappa shape index (κ3) is 3.48. The van der Waals surface area contributed by atoms with Gasteiger partial charge in [0.1, 0.15) is 0 Å². The topological polar surface area (TPSA) is 52.0 Å². The van der Waals surface area contributed by atoms with Crippen molar-refractivity contribution in [2.24, 2.45) is 5.11 Å². The molecule has 2 rings (SSSR count). The van der Waals surface area contributed by atoms with Gasteiger partial charge in [-0.1, -0.05) is 29.4 Å². The predicted molar refractivity (Wildman–Crippen MR) is 68.7 cm³/mol. The third-order valence-electron chi connectivity index (χ3n) is 3.23. The number of azide groups is 1. The molecule has 0 saturated carbocycles. The molecule has 1 aliphatic rings. The fourth-order valence-corrected chi connectivity index (χ4v) is 2.37. The third-order valence-corrected chi connectivity index (χ3v) is 3.23. The lowest BCUT2D eigenvalue weighted by Gasteiger charge is -2.19. The number of rotatable bonds is 4. The maximum atomic E-state index is 8.22. The molecule has 4 heteroatoms. The second kappa shape index (κ2) is 6.28. The SMILES string of the molecule is [N-]=[N+]=NCCCN1CCCc2ccccc2C1. The van der Waals surface area contributed by atoms with E-state index in [-0.39, 0.29) is 0 Å². The van der Waals surface area contributed by atoms with Gasteiger partial charge in [0.15, 0.2) is 0 Å². The molecule has 0 aliphatic carbocycles. The van der Waals surface area contributed by atoms with Crippen molar-refractivity contribution in [3.05, 3.63) is 45.8 Å². The Labute approximate surface area is 102 Å². The average molecular weight is 230 g/mol. The second-order valence-electron chi connectivity index (χ2n) is 4.46. The summed E-state index contributed by atoms with van der Waals surface area (Å²) in [4.78, 5) is 5.24. The lowest BCUT2D eigenvalue weighted by atomic mass is 10.0. The minimum Gasteiger partial charge on any atom is -0.299 e. The van der Waals surface area contributed by atoms with Gasteiger partial charge in [0.2, 0.25) is 0 Å². The van der Waals surface area contributed by atoms with Crippen LogP contribution in [0.3, 0.4) is 0 Å². The van der Waals surface area contributed by atoms with Gasteiger partial charge in [-0.25, -0.2) is 0 Å². The Hall–Kier alpha value is -1.51. The van der Waals surface area contributed by atoms with Crippen molar-refractivity contribution < 1.29 is 0 Å². The van der Waals surface area contributed by atoms with Crippen LogP contribution in [-0.2, 0) is 13.0 Å². The molecule has 0 N–H and O–H groups in total. The molecule has 0 bridgehead atoms. The van der Waals surface area contributed by atoms with E-state index in [1.165, 1.54) is 24.0 Å². The highest BCUT2D eigenvalue weighted by molar-refractivity contribution is 5.27. The molecular formula is C13H18N4. The van der Waals surface area contributed by atoms with Crippen LogP contribution >= 0.6 is 0 Å². The summed E-state index contributed by atoms with van der Waals surface area (Å²) in [6, 6.07) is 8.69. The first-order valence-corrected chi connectivity index (χ1v) is 6.20. The first-order valence-electron chi connectivity index (χ1n) is 6.20. The van der Waals surface area contributed by atoms with Gasteiger partial charge in [-0.05, 0) is 49.0 Å². The van der Waals surface area contributed by atoms with Crippen LogP contribution in [-0.4, -0.2) is 24.5 Å². The number of nitrogens with zero attached hydrogens (tertiary/aromatic N) is 4. The van der Waals surface area contributed by atoms with Gasteiger partial charge in [0.25, 0.3) is 0 Å². The van der Waals surface area contributed by atoms with E-state index in [1.54, 1.807) is 0 Å². The number of hydrogen-bond acceptors (Lipinski definition) is 2. The number of hydrogen-bond donors (Lipinski definition) is 0. The Morgan fingerprint density at radius 2 is 2.12 bits per heavy atom. The van der Waals surface area contributed by atoms with E-state index in [9.17, 15) is 0 Å². The van der Waals surface area contributed by atoms with Crippen LogP contribution in [0.5, 0.6) is 0 Å². The van der Waals surface area contributed by atoms with Crippen molar-refractivity contribution in [1.29, 1.82) is 0 Å². The fourth-order valence-electron chi connectivity index (χ4n) is 2.37. The highest BCUT2D eigenvalue weighted by Gasteiger charge is 2.12. The molecule has 1 aromatic carbocycles. The van der Waals surface area contributed by atoms with Crippen molar-refractivity contribution in [2.75, 3.05) is 19.6 Å². The summed E-state index contributed by atoms with van der Waals surface area (Å²) < 4.78 is 0. The van der Waals surface area contributed by atoms with Crippen molar-refractivity contribution in [3.63, 3.8) is 0 Å². The van der Waals surface area contributed by atoms with Crippen molar-refractivity contribution >= 4 is 0 Å². The van der Waals surface area contributed by atoms with E-state index < -0.39 is 0 Å². The summed E-state index contributed by atoms with van der Waals surface area (Å²) in [6.45, 7) is 3.80. The molecule has 0 saturated heterocycles. The Morgan fingerprint density at radius 1 is 1.29 bits per heavy atom. The summed E-state index contributed by atoms with van der Waals surface area (Å²) in [6.07, 6.45) is 3.35. The molecule has 0 atom stereocenters. The van der Waals surface area contributed by atoms with Gasteiger partial charge in [-0.3, -0.25) is 4.90 Å². The molecule has 1 heterocycles. The number of aryl methyl sites for hydroxylation is 1. The zero-order chi connectivity index (χ0) is 11.9. The van der Waals surface area contributed by atoms with E-state index in [2.05, 4.69) is 39.2 Å². The van der Waals surface area contributed by atoms with Crippen molar-refractivity contribution in [2.45, 2.75) is 25.8 Å². The smallest absolute Gasteiger partial charge is 0.0270 e. The van der Waals surface area contributed by atoms with Crippen LogP contribution in [0, 0.1) is 0 Å². The minimum atomic E-state index is 0.606. The summed E-state index contributed by atoms with van der Waals surface area (Å²) in [5.41, 5.74) is 11.2. The van der Waals surface area contributed by atoms with Crippen molar-refractivity contribution in [1.82, 2.24) is 4.90 Å². The quantitative estimate of drug-likeness (QED) is 0.339. The second-order valence-corrected chi connectivity index (χ2v) is 4.46. The lowest BCUT2D eigenvalue weighted by molar-refractivity contribution is 0.268. The van der Waals surface area contributed by atoms with Gasteiger partial charge in [-0.15, -0.1) is 0 Å². The van der Waals surface area contributed by atoms with Crippen LogP contribution in [0.4, 0.5) is 0 Å². The molecule has 4 nitrogen and oxygen atoms in total. The summed E-state index contributed by atoms with van der Waals surface area (Å²) in [5.74, 6) is 0. The standard InChI is InChI=1S/C13H18N4/c14-16-15-8-4-10-17-9-3-7-12-5-1-2-6-13(12)11-17/h1-2,5-6H,3-4,7-11H2. The van der Waals surface area contributed by atoms with E-state index in [1.807, 2.05) is 0 Å². The molecule has 0 spiro atoms. The molecule has 0 unspecified atom stereocenters. The lowest BCUT2D eigenvalue weighted by Crippen LogP contribution is -2.24. The molecule has 90 valence electrons. The van der Waals surface area contributed by atoms with Crippen LogP contribution in [0.2, 0.25) is 0 Å². The van der Waals surface area contributed by atoms with Crippen LogP contribution < -0.4 is 0 Å². The number of benzene rings is 1. The highest BCUT2D eigenvalue weighted by atomic mass is 15.1. The molecule has 17 heavy (non-hydrogen) atoms. The fraction of sp³-hybridized carbons (Fsp3) is 0.538. The molecule has 0 radical (unpaired) electrons. The monoisotopic (exact) mass is 230 g/mol. The highest BCUT2D eigenvalue weighted by Crippen LogP contribution is 2.18. The van der Waals surface area contributed by atoms with E-state index >= 15 is 0 Å². The molecular weight excluding hydrogens is 212 g/mol. The van der Waals surface area contributed by atoms with E-state index in [0.29, 0.717) is 6.54 Å². The van der Waals surface area contributed by atoms with Gasteiger partial charge in [0, 0.05) is 18.0 Å². The molecule has 1 aromatic rings. The average Bonchev–Trinajstić information content (AvgIpc) is 2.56.